The predicted molar refractivity (Wildman–Crippen MR) is 115 cm³/mol. The van der Waals surface area contributed by atoms with E-state index in [-0.39, 0.29) is 13.0 Å². The van der Waals surface area contributed by atoms with Gasteiger partial charge >= 0.3 is 0 Å². The standard InChI is InChI=1S/C25H34F2O/c1-3-5-7-11-20-15-17-21(18-16-20)22-12-9-10-14-25(22)28-19-24(27)23(26)13-8-6-4-2/h9-10,12,14-18,23-24H,3-8,11,13,19H2,1-2H3. The smallest absolute Gasteiger partial charge is 0.165 e. The molecule has 0 saturated carbocycles. The van der Waals surface area contributed by atoms with Gasteiger partial charge in [0.05, 0.1) is 0 Å². The molecular weight excluding hydrogens is 354 g/mol. The maximum atomic E-state index is 14.1. The van der Waals surface area contributed by atoms with Crippen molar-refractivity contribution in [3.05, 3.63) is 54.1 Å². The highest BCUT2D eigenvalue weighted by atomic mass is 19.2. The molecule has 1 nitrogen and oxygen atoms in total. The Morgan fingerprint density at radius 3 is 2.18 bits per heavy atom. The first-order valence-electron chi connectivity index (χ1n) is 10.7. The summed E-state index contributed by atoms with van der Waals surface area (Å²) >= 11 is 0. The van der Waals surface area contributed by atoms with E-state index in [1.807, 2.05) is 24.3 Å². The quantitative estimate of drug-likeness (QED) is 0.319. The zero-order valence-electron chi connectivity index (χ0n) is 17.3. The fourth-order valence-corrected chi connectivity index (χ4v) is 3.31. The molecule has 0 aromatic heterocycles. The largest absolute Gasteiger partial charge is 0.490 e. The van der Waals surface area contributed by atoms with Gasteiger partial charge < -0.3 is 4.74 Å². The molecule has 0 aliphatic carbocycles. The molecular formula is C25H34F2O. The van der Waals surface area contributed by atoms with E-state index in [2.05, 4.69) is 38.1 Å². The Morgan fingerprint density at radius 1 is 0.786 bits per heavy atom. The van der Waals surface area contributed by atoms with Gasteiger partial charge in [-0.15, -0.1) is 0 Å². The highest BCUT2D eigenvalue weighted by Gasteiger charge is 2.21. The second kappa shape index (κ2) is 12.5. The summed E-state index contributed by atoms with van der Waals surface area (Å²) in [5.41, 5.74) is 3.27. The van der Waals surface area contributed by atoms with Gasteiger partial charge in [0.2, 0.25) is 0 Å². The van der Waals surface area contributed by atoms with Gasteiger partial charge in [-0.1, -0.05) is 88.4 Å². The van der Waals surface area contributed by atoms with Gasteiger partial charge in [0.15, 0.2) is 6.17 Å². The molecule has 0 N–H and O–H groups in total. The Kier molecular flexibility index (Phi) is 10.0. The van der Waals surface area contributed by atoms with Crippen LogP contribution in [-0.2, 0) is 6.42 Å². The van der Waals surface area contributed by atoms with Crippen LogP contribution in [0.1, 0.15) is 64.4 Å². The number of aryl methyl sites for hydroxylation is 1. The van der Waals surface area contributed by atoms with Crippen LogP contribution in [0.5, 0.6) is 5.75 Å². The number of para-hydroxylation sites is 1. The summed E-state index contributed by atoms with van der Waals surface area (Å²) in [5, 5.41) is 0. The van der Waals surface area contributed by atoms with Gasteiger partial charge in [0.25, 0.3) is 0 Å². The minimum atomic E-state index is -1.59. The van der Waals surface area contributed by atoms with E-state index in [9.17, 15) is 8.78 Å². The number of hydrogen-bond acceptors (Lipinski definition) is 1. The van der Waals surface area contributed by atoms with Crippen molar-refractivity contribution >= 4 is 0 Å². The van der Waals surface area contributed by atoms with Gasteiger partial charge in [-0.05, 0) is 36.5 Å². The van der Waals surface area contributed by atoms with E-state index < -0.39 is 12.3 Å². The van der Waals surface area contributed by atoms with Gasteiger partial charge in [0.1, 0.15) is 18.5 Å². The molecule has 0 heterocycles. The van der Waals surface area contributed by atoms with Crippen LogP contribution in [0.25, 0.3) is 11.1 Å². The molecule has 0 saturated heterocycles. The Morgan fingerprint density at radius 2 is 1.46 bits per heavy atom. The van der Waals surface area contributed by atoms with E-state index >= 15 is 0 Å². The molecule has 2 rings (SSSR count). The molecule has 2 aromatic carbocycles. The topological polar surface area (TPSA) is 9.23 Å². The third-order valence-electron chi connectivity index (χ3n) is 5.09. The SMILES string of the molecule is CCCCCc1ccc(-c2ccccc2OCC(F)C(F)CCCCC)cc1. The third kappa shape index (κ3) is 7.26. The second-order valence-corrected chi connectivity index (χ2v) is 7.49. The molecule has 2 aromatic rings. The van der Waals surface area contributed by atoms with Crippen molar-refractivity contribution < 1.29 is 13.5 Å². The molecule has 0 spiro atoms. The van der Waals surface area contributed by atoms with Crippen LogP contribution in [0.15, 0.2) is 48.5 Å². The summed E-state index contributed by atoms with van der Waals surface area (Å²) in [4.78, 5) is 0. The zero-order chi connectivity index (χ0) is 20.2. The van der Waals surface area contributed by atoms with Crippen molar-refractivity contribution in [2.45, 2.75) is 77.6 Å². The highest BCUT2D eigenvalue weighted by Crippen LogP contribution is 2.30. The Labute approximate surface area is 169 Å². The Hall–Kier alpha value is -1.90. The summed E-state index contributed by atoms with van der Waals surface area (Å²) in [6.45, 7) is 4.01. The van der Waals surface area contributed by atoms with Crippen LogP contribution in [0.3, 0.4) is 0 Å². The Bertz CT molecular complexity index is 669. The average molecular weight is 389 g/mol. The van der Waals surface area contributed by atoms with Gasteiger partial charge in [-0.2, -0.15) is 0 Å². The molecule has 2 atom stereocenters. The van der Waals surface area contributed by atoms with Gasteiger partial charge in [0, 0.05) is 5.56 Å². The number of rotatable bonds is 13. The number of benzene rings is 2. The van der Waals surface area contributed by atoms with Crippen LogP contribution in [0, 0.1) is 0 Å². The zero-order valence-corrected chi connectivity index (χ0v) is 17.3. The summed E-state index contributed by atoms with van der Waals surface area (Å²) in [7, 11) is 0. The van der Waals surface area contributed by atoms with Gasteiger partial charge in [-0.3, -0.25) is 0 Å². The molecule has 0 radical (unpaired) electrons. The summed E-state index contributed by atoms with van der Waals surface area (Å²) in [6.07, 6.45) is 4.64. The van der Waals surface area contributed by atoms with Crippen molar-refractivity contribution in [2.24, 2.45) is 0 Å². The lowest BCUT2D eigenvalue weighted by atomic mass is 10.0. The number of ether oxygens (including phenoxy) is 1. The number of hydrogen-bond donors (Lipinski definition) is 0. The lowest BCUT2D eigenvalue weighted by molar-refractivity contribution is 0.102. The third-order valence-corrected chi connectivity index (χ3v) is 5.09. The fraction of sp³-hybridized carbons (Fsp3) is 0.520. The molecule has 2 unspecified atom stereocenters. The van der Waals surface area contributed by atoms with Crippen LogP contribution in [0.2, 0.25) is 0 Å². The predicted octanol–water partition coefficient (Wildman–Crippen LogP) is 7.72. The summed E-state index contributed by atoms with van der Waals surface area (Å²) < 4.78 is 33.8. The van der Waals surface area contributed by atoms with E-state index in [1.54, 1.807) is 0 Å². The summed E-state index contributed by atoms with van der Waals surface area (Å²) in [6, 6.07) is 16.0. The molecule has 154 valence electrons. The van der Waals surface area contributed by atoms with Crippen LogP contribution < -0.4 is 4.74 Å². The summed E-state index contributed by atoms with van der Waals surface area (Å²) in [5.74, 6) is 0.602. The minimum absolute atomic E-state index is 0.251. The number of alkyl halides is 2. The second-order valence-electron chi connectivity index (χ2n) is 7.49. The van der Waals surface area contributed by atoms with E-state index in [4.69, 9.17) is 4.74 Å². The van der Waals surface area contributed by atoms with Crippen LogP contribution >= 0.6 is 0 Å². The molecule has 0 aliphatic rings. The van der Waals surface area contributed by atoms with Crippen LogP contribution in [-0.4, -0.2) is 19.0 Å². The molecule has 3 heteroatoms. The number of unbranched alkanes of at least 4 members (excludes halogenated alkanes) is 4. The van der Waals surface area contributed by atoms with Crippen molar-refractivity contribution in [2.75, 3.05) is 6.61 Å². The fourth-order valence-electron chi connectivity index (χ4n) is 3.31. The first-order valence-corrected chi connectivity index (χ1v) is 10.7. The maximum Gasteiger partial charge on any atom is 0.165 e. The number of halogens is 2. The normalized spacial score (nSPS) is 13.3. The molecule has 0 aliphatic heterocycles. The lowest BCUT2D eigenvalue weighted by Gasteiger charge is -2.16. The van der Waals surface area contributed by atoms with E-state index in [0.717, 1.165) is 36.8 Å². The molecule has 0 bridgehead atoms. The molecule has 0 fully saturated rings. The van der Waals surface area contributed by atoms with E-state index in [1.165, 1.54) is 24.8 Å². The molecule has 28 heavy (non-hydrogen) atoms. The van der Waals surface area contributed by atoms with Crippen molar-refractivity contribution in [1.82, 2.24) is 0 Å². The average Bonchev–Trinajstić information content (AvgIpc) is 2.73. The first kappa shape index (κ1) is 22.4. The Balaban J connectivity index is 1.96. The monoisotopic (exact) mass is 388 g/mol. The van der Waals surface area contributed by atoms with Crippen molar-refractivity contribution in [3.8, 4) is 16.9 Å². The maximum absolute atomic E-state index is 14.1. The van der Waals surface area contributed by atoms with E-state index in [0.29, 0.717) is 5.75 Å². The minimum Gasteiger partial charge on any atom is -0.490 e. The van der Waals surface area contributed by atoms with Crippen LogP contribution in [0.4, 0.5) is 8.78 Å². The molecule has 0 amide bonds. The van der Waals surface area contributed by atoms with Crippen molar-refractivity contribution in [1.29, 1.82) is 0 Å². The van der Waals surface area contributed by atoms with Crippen molar-refractivity contribution in [3.63, 3.8) is 0 Å². The lowest BCUT2D eigenvalue weighted by Crippen LogP contribution is -2.24. The highest BCUT2D eigenvalue weighted by molar-refractivity contribution is 5.70. The first-order chi connectivity index (χ1) is 13.7. The van der Waals surface area contributed by atoms with Gasteiger partial charge in [-0.25, -0.2) is 8.78 Å².